The van der Waals surface area contributed by atoms with Gasteiger partial charge in [-0.25, -0.2) is 9.59 Å². The Hall–Kier alpha value is -4.02. The quantitative estimate of drug-likeness (QED) is 0.315. The SMILES string of the molecule is CCOC(=O)OC1(COc2ccc3c(c2)CN(C(=N)N)CC3)CCN(C(=O)Nc2cccnc2)CC1. The van der Waals surface area contributed by atoms with Crippen LogP contribution in [-0.4, -0.2) is 71.4 Å². The summed E-state index contributed by atoms with van der Waals surface area (Å²) < 4.78 is 16.9. The van der Waals surface area contributed by atoms with Crippen LogP contribution in [0.15, 0.2) is 42.7 Å². The molecule has 0 aliphatic carbocycles. The Morgan fingerprint density at radius 1 is 1.17 bits per heavy atom. The summed E-state index contributed by atoms with van der Waals surface area (Å²) >= 11 is 0. The molecule has 11 nitrogen and oxygen atoms in total. The fourth-order valence-electron chi connectivity index (χ4n) is 4.40. The van der Waals surface area contributed by atoms with Crippen LogP contribution < -0.4 is 15.8 Å². The summed E-state index contributed by atoms with van der Waals surface area (Å²) in [4.78, 5) is 32.4. The second-order valence-corrected chi connectivity index (χ2v) is 8.90. The number of pyridine rings is 1. The standard InChI is InChI=1S/C25H32N6O5/c1-2-34-24(33)36-25(8-12-30(13-9-25)23(32)29-20-4-3-10-28-15-20)17-35-21-6-5-18-7-11-31(22(26)27)16-19(18)14-21/h3-6,10,14-15H,2,7-9,11-13,16-17H2,1H3,(H3,26,27)(H,29,32). The highest BCUT2D eigenvalue weighted by atomic mass is 16.7. The number of nitrogens with two attached hydrogens (primary N) is 1. The second-order valence-electron chi connectivity index (χ2n) is 8.90. The number of fused-ring (bicyclic) bond motifs is 1. The maximum absolute atomic E-state index is 12.7. The van der Waals surface area contributed by atoms with Gasteiger partial charge in [0.05, 0.1) is 18.5 Å². The number of nitrogens with one attached hydrogen (secondary N) is 2. The van der Waals surface area contributed by atoms with Crippen molar-refractivity contribution in [2.45, 2.75) is 38.3 Å². The number of carbonyl (C=O) groups excluding carboxylic acids is 2. The van der Waals surface area contributed by atoms with Crippen LogP contribution in [0.5, 0.6) is 5.75 Å². The summed E-state index contributed by atoms with van der Waals surface area (Å²) in [7, 11) is 0. The molecule has 1 aromatic carbocycles. The van der Waals surface area contributed by atoms with E-state index >= 15 is 0 Å². The van der Waals surface area contributed by atoms with Gasteiger partial charge in [0.2, 0.25) is 0 Å². The molecule has 1 saturated heterocycles. The number of carbonyl (C=O) groups is 2. The fraction of sp³-hybridized carbons (Fsp3) is 0.440. The van der Waals surface area contributed by atoms with Crippen LogP contribution in [-0.2, 0) is 22.4 Å². The lowest BCUT2D eigenvalue weighted by atomic mass is 9.92. The summed E-state index contributed by atoms with van der Waals surface area (Å²) in [6, 6.07) is 9.14. The largest absolute Gasteiger partial charge is 0.508 e. The molecule has 0 atom stereocenters. The third-order valence-corrected chi connectivity index (χ3v) is 6.47. The number of hydrogen-bond donors (Lipinski definition) is 3. The molecule has 11 heteroatoms. The zero-order chi connectivity index (χ0) is 25.5. The third kappa shape index (κ3) is 6.15. The van der Waals surface area contributed by atoms with E-state index in [1.807, 2.05) is 23.1 Å². The van der Waals surface area contributed by atoms with Crippen LogP contribution in [0, 0.1) is 5.41 Å². The number of nitrogens with zero attached hydrogens (tertiary/aromatic N) is 3. The van der Waals surface area contributed by atoms with Gasteiger partial charge >= 0.3 is 12.2 Å². The van der Waals surface area contributed by atoms with Crippen molar-refractivity contribution in [1.29, 1.82) is 5.41 Å². The van der Waals surface area contributed by atoms with Gasteiger partial charge in [-0.3, -0.25) is 10.4 Å². The Bertz CT molecular complexity index is 1090. The predicted molar refractivity (Wildman–Crippen MR) is 133 cm³/mol. The molecule has 2 amide bonds. The molecule has 0 spiro atoms. The van der Waals surface area contributed by atoms with Crippen LogP contribution in [0.3, 0.4) is 0 Å². The van der Waals surface area contributed by atoms with E-state index in [4.69, 9.17) is 25.4 Å². The number of hydrogen-bond acceptors (Lipinski definition) is 7. The molecule has 0 bridgehead atoms. The number of anilines is 1. The first-order valence-corrected chi connectivity index (χ1v) is 12.0. The Morgan fingerprint density at radius 2 is 1.97 bits per heavy atom. The first-order valence-electron chi connectivity index (χ1n) is 12.0. The van der Waals surface area contributed by atoms with Crippen LogP contribution in [0.25, 0.3) is 0 Å². The van der Waals surface area contributed by atoms with Crippen LogP contribution in [0.2, 0.25) is 0 Å². The first-order chi connectivity index (χ1) is 17.4. The monoisotopic (exact) mass is 496 g/mol. The van der Waals surface area contributed by atoms with Crippen molar-refractivity contribution in [1.82, 2.24) is 14.8 Å². The Kier molecular flexibility index (Phi) is 7.77. The van der Waals surface area contributed by atoms with Crippen molar-refractivity contribution >= 4 is 23.8 Å². The van der Waals surface area contributed by atoms with E-state index < -0.39 is 11.8 Å². The minimum absolute atomic E-state index is 0.0492. The summed E-state index contributed by atoms with van der Waals surface area (Å²) in [5.41, 5.74) is 7.60. The van der Waals surface area contributed by atoms with Gasteiger partial charge in [0.25, 0.3) is 0 Å². The highest BCUT2D eigenvalue weighted by Gasteiger charge is 2.41. The minimum atomic E-state index is -0.932. The molecule has 1 fully saturated rings. The number of likely N-dealkylation sites (tertiary alicyclic amines) is 1. The van der Waals surface area contributed by atoms with Gasteiger partial charge in [-0.1, -0.05) is 6.07 Å². The number of benzene rings is 1. The first kappa shape index (κ1) is 25.1. The van der Waals surface area contributed by atoms with Crippen LogP contribution in [0.1, 0.15) is 30.9 Å². The average Bonchev–Trinajstić information content (AvgIpc) is 2.88. The van der Waals surface area contributed by atoms with Gasteiger partial charge in [-0.2, -0.15) is 0 Å². The van der Waals surface area contributed by atoms with Crippen molar-refractivity contribution in [2.24, 2.45) is 5.73 Å². The molecule has 0 unspecified atom stereocenters. The lowest BCUT2D eigenvalue weighted by Gasteiger charge is -2.40. The lowest BCUT2D eigenvalue weighted by Crippen LogP contribution is -2.52. The number of urea groups is 1. The molecule has 0 saturated carbocycles. The molecule has 1 aromatic heterocycles. The van der Waals surface area contributed by atoms with E-state index in [1.54, 1.807) is 36.4 Å². The van der Waals surface area contributed by atoms with E-state index in [0.29, 0.717) is 50.5 Å². The van der Waals surface area contributed by atoms with Crippen molar-refractivity contribution in [3.8, 4) is 5.75 Å². The van der Waals surface area contributed by atoms with E-state index in [1.165, 1.54) is 5.56 Å². The van der Waals surface area contributed by atoms with Gasteiger partial charge in [-0.05, 0) is 48.7 Å². The lowest BCUT2D eigenvalue weighted by molar-refractivity contribution is -0.0818. The summed E-state index contributed by atoms with van der Waals surface area (Å²) in [5.74, 6) is 0.691. The third-order valence-electron chi connectivity index (χ3n) is 6.47. The molecule has 2 aliphatic rings. The second kappa shape index (κ2) is 11.1. The molecule has 4 N–H and O–H groups in total. The number of aromatic nitrogens is 1. The van der Waals surface area contributed by atoms with Gasteiger partial charge in [0, 0.05) is 45.2 Å². The van der Waals surface area contributed by atoms with Crippen LogP contribution >= 0.6 is 0 Å². The summed E-state index contributed by atoms with van der Waals surface area (Å²) in [6.07, 6.45) is 4.07. The fourth-order valence-corrected chi connectivity index (χ4v) is 4.40. The maximum atomic E-state index is 12.7. The molecule has 36 heavy (non-hydrogen) atoms. The summed E-state index contributed by atoms with van der Waals surface area (Å²) in [6.45, 7) is 4.07. The van der Waals surface area contributed by atoms with Gasteiger partial charge in [0.1, 0.15) is 12.4 Å². The Morgan fingerprint density at radius 3 is 2.67 bits per heavy atom. The maximum Gasteiger partial charge on any atom is 0.508 e. The Labute approximate surface area is 210 Å². The van der Waals surface area contributed by atoms with Crippen molar-refractivity contribution in [3.63, 3.8) is 0 Å². The molecule has 4 rings (SSSR count). The highest BCUT2D eigenvalue weighted by molar-refractivity contribution is 5.89. The van der Waals surface area contributed by atoms with Gasteiger partial charge in [0.15, 0.2) is 11.6 Å². The minimum Gasteiger partial charge on any atom is -0.489 e. The molecule has 192 valence electrons. The number of rotatable bonds is 6. The molecule has 2 aliphatic heterocycles. The van der Waals surface area contributed by atoms with Gasteiger partial charge in [-0.15, -0.1) is 0 Å². The summed E-state index contributed by atoms with van der Waals surface area (Å²) in [5, 5.41) is 10.5. The molecule has 0 radical (unpaired) electrons. The van der Waals surface area contributed by atoms with E-state index in [-0.39, 0.29) is 25.2 Å². The van der Waals surface area contributed by atoms with Crippen LogP contribution in [0.4, 0.5) is 15.3 Å². The Balaban J connectivity index is 1.41. The van der Waals surface area contributed by atoms with Crippen molar-refractivity contribution < 1.29 is 23.8 Å². The van der Waals surface area contributed by atoms with E-state index in [2.05, 4.69) is 10.3 Å². The highest BCUT2D eigenvalue weighted by Crippen LogP contribution is 2.30. The topological polar surface area (TPSA) is 143 Å². The molecular formula is C25H32N6O5. The van der Waals surface area contributed by atoms with Crippen molar-refractivity contribution in [2.75, 3.05) is 38.2 Å². The molecule has 2 aromatic rings. The zero-order valence-electron chi connectivity index (χ0n) is 20.4. The number of guanidine groups is 1. The number of piperidine rings is 1. The predicted octanol–water partition coefficient (Wildman–Crippen LogP) is 2.95. The number of amides is 2. The van der Waals surface area contributed by atoms with Crippen molar-refractivity contribution in [3.05, 3.63) is 53.9 Å². The molecule has 3 heterocycles. The van der Waals surface area contributed by atoms with Gasteiger partial charge < -0.3 is 35.1 Å². The van der Waals surface area contributed by atoms with E-state index in [0.717, 1.165) is 12.0 Å². The van der Waals surface area contributed by atoms with E-state index in [9.17, 15) is 9.59 Å². The zero-order valence-corrected chi connectivity index (χ0v) is 20.4. The average molecular weight is 497 g/mol. The normalized spacial score (nSPS) is 16.5. The number of ether oxygens (including phenoxy) is 3. The molecular weight excluding hydrogens is 464 g/mol. The smallest absolute Gasteiger partial charge is 0.489 e.